The molecule has 230 valence electrons. The third-order valence-electron chi connectivity index (χ3n) is 9.45. The Hall–Kier alpha value is -6.65. The van der Waals surface area contributed by atoms with Crippen molar-refractivity contribution in [1.29, 1.82) is 0 Å². The van der Waals surface area contributed by atoms with Crippen LogP contribution in [0.3, 0.4) is 0 Å². The first kappa shape index (κ1) is 27.5. The first-order valence-corrected chi connectivity index (χ1v) is 16.5. The summed E-state index contributed by atoms with van der Waals surface area (Å²) in [6.07, 6.45) is 0. The van der Waals surface area contributed by atoms with Crippen molar-refractivity contribution in [3.05, 3.63) is 170 Å². The molecule has 0 aliphatic carbocycles. The van der Waals surface area contributed by atoms with E-state index >= 15 is 0 Å². The molecule has 8 aromatic carbocycles. The molecule has 0 atom stereocenters. The molecule has 4 heteroatoms. The van der Waals surface area contributed by atoms with E-state index in [0.717, 1.165) is 88.3 Å². The largest absolute Gasteiger partial charge is 0.456 e. The summed E-state index contributed by atoms with van der Waals surface area (Å²) in [5.41, 5.74) is 9.74. The van der Waals surface area contributed by atoms with Crippen LogP contribution in [-0.2, 0) is 0 Å². The number of benzene rings is 8. The van der Waals surface area contributed by atoms with Gasteiger partial charge in [0.1, 0.15) is 16.7 Å². The van der Waals surface area contributed by atoms with Gasteiger partial charge in [-0.25, -0.2) is 4.98 Å². The van der Waals surface area contributed by atoms with Crippen LogP contribution >= 0.6 is 0 Å². The van der Waals surface area contributed by atoms with Crippen molar-refractivity contribution in [2.45, 2.75) is 0 Å². The highest BCUT2D eigenvalue weighted by Crippen LogP contribution is 2.46. The van der Waals surface area contributed by atoms with E-state index in [1.807, 2.05) is 42.5 Å². The molecule has 0 unspecified atom stereocenters. The van der Waals surface area contributed by atoms with E-state index in [4.69, 9.17) is 13.8 Å². The van der Waals surface area contributed by atoms with Gasteiger partial charge in [-0.15, -0.1) is 0 Å². The Morgan fingerprint density at radius 3 is 1.94 bits per heavy atom. The summed E-state index contributed by atoms with van der Waals surface area (Å²) in [5, 5.41) is 6.54. The van der Waals surface area contributed by atoms with Crippen LogP contribution in [-0.4, -0.2) is 4.98 Å². The molecule has 0 radical (unpaired) electrons. The highest BCUT2D eigenvalue weighted by atomic mass is 16.3. The lowest BCUT2D eigenvalue weighted by molar-refractivity contribution is 0.623. The summed E-state index contributed by atoms with van der Waals surface area (Å²) in [6, 6.07) is 59.2. The van der Waals surface area contributed by atoms with Gasteiger partial charge in [0.25, 0.3) is 0 Å². The number of fused-ring (bicyclic) bond motifs is 8. The van der Waals surface area contributed by atoms with Gasteiger partial charge in [-0.1, -0.05) is 103 Å². The minimum Gasteiger partial charge on any atom is -0.456 e. The fraction of sp³-hybridized carbons (Fsp3) is 0. The monoisotopic (exact) mass is 628 g/mol. The van der Waals surface area contributed by atoms with Crippen LogP contribution in [0.25, 0.3) is 77.2 Å². The van der Waals surface area contributed by atoms with Crippen LogP contribution in [0.15, 0.2) is 179 Å². The Morgan fingerprint density at radius 2 is 1.12 bits per heavy atom. The second-order valence-electron chi connectivity index (χ2n) is 12.4. The number of hydrogen-bond donors (Lipinski definition) is 0. The smallest absolute Gasteiger partial charge is 0.227 e. The maximum absolute atomic E-state index is 6.63. The number of anilines is 3. The van der Waals surface area contributed by atoms with Crippen molar-refractivity contribution < 1.29 is 8.83 Å². The fourth-order valence-electron chi connectivity index (χ4n) is 7.16. The van der Waals surface area contributed by atoms with Crippen molar-refractivity contribution in [2.24, 2.45) is 0 Å². The minimum absolute atomic E-state index is 0.615. The number of nitrogens with zero attached hydrogens (tertiary/aromatic N) is 2. The fourth-order valence-corrected chi connectivity index (χ4v) is 7.16. The van der Waals surface area contributed by atoms with Crippen LogP contribution < -0.4 is 4.90 Å². The Kier molecular flexibility index (Phi) is 6.15. The van der Waals surface area contributed by atoms with Crippen LogP contribution in [0.4, 0.5) is 17.1 Å². The van der Waals surface area contributed by atoms with Gasteiger partial charge >= 0.3 is 0 Å². The lowest BCUT2D eigenvalue weighted by Gasteiger charge is -2.27. The third kappa shape index (κ3) is 4.49. The molecular formula is C45H28N2O2. The Bertz CT molecular complexity index is 2820. The van der Waals surface area contributed by atoms with Crippen molar-refractivity contribution in [1.82, 2.24) is 4.98 Å². The summed E-state index contributed by atoms with van der Waals surface area (Å²) >= 11 is 0. The molecule has 49 heavy (non-hydrogen) atoms. The van der Waals surface area contributed by atoms with Crippen molar-refractivity contribution in [3.63, 3.8) is 0 Å². The van der Waals surface area contributed by atoms with Gasteiger partial charge in [0.15, 0.2) is 5.58 Å². The molecule has 10 rings (SSSR count). The maximum atomic E-state index is 6.63. The Labute approximate surface area is 282 Å². The SMILES string of the molecule is c1ccc(-c2ccc3c(N(c4ccccc4)c4ccc5c(c4)oc4ccccc45)cc4ccc5nc(-c6ccccc6)oc5c4c3c2)cc1. The molecule has 0 amide bonds. The molecule has 0 N–H and O–H groups in total. The van der Waals surface area contributed by atoms with Gasteiger partial charge in [-0.2, -0.15) is 0 Å². The average Bonchev–Trinajstić information content (AvgIpc) is 3.77. The van der Waals surface area contributed by atoms with Crippen molar-refractivity contribution in [2.75, 3.05) is 4.90 Å². The highest BCUT2D eigenvalue weighted by Gasteiger charge is 2.22. The lowest BCUT2D eigenvalue weighted by atomic mass is 9.94. The third-order valence-corrected chi connectivity index (χ3v) is 9.45. The molecule has 4 nitrogen and oxygen atoms in total. The van der Waals surface area contributed by atoms with Gasteiger partial charge in [-0.05, 0) is 82.6 Å². The quantitative estimate of drug-likeness (QED) is 0.178. The predicted molar refractivity (Wildman–Crippen MR) is 202 cm³/mol. The zero-order chi connectivity index (χ0) is 32.3. The molecule has 10 aromatic rings. The second kappa shape index (κ2) is 11.0. The first-order chi connectivity index (χ1) is 24.3. The molecule has 0 bridgehead atoms. The maximum Gasteiger partial charge on any atom is 0.227 e. The summed E-state index contributed by atoms with van der Waals surface area (Å²) in [4.78, 5) is 7.26. The molecule has 0 saturated heterocycles. The van der Waals surface area contributed by atoms with Crippen molar-refractivity contribution >= 4 is 71.6 Å². The molecule has 0 saturated carbocycles. The zero-order valence-corrected chi connectivity index (χ0v) is 26.4. The van der Waals surface area contributed by atoms with E-state index in [9.17, 15) is 0 Å². The number of para-hydroxylation sites is 2. The number of aromatic nitrogens is 1. The van der Waals surface area contributed by atoms with E-state index in [0.29, 0.717) is 5.89 Å². The van der Waals surface area contributed by atoms with Crippen LogP contribution in [0.1, 0.15) is 0 Å². The molecule has 0 aliphatic rings. The van der Waals surface area contributed by atoms with Crippen LogP contribution in [0, 0.1) is 0 Å². The molecular weight excluding hydrogens is 601 g/mol. The predicted octanol–water partition coefficient (Wildman–Crippen LogP) is 12.8. The van der Waals surface area contributed by atoms with E-state index in [-0.39, 0.29) is 0 Å². The highest BCUT2D eigenvalue weighted by molar-refractivity contribution is 6.22. The number of rotatable bonds is 5. The van der Waals surface area contributed by atoms with Gasteiger partial charge in [-0.3, -0.25) is 0 Å². The summed E-state index contributed by atoms with van der Waals surface area (Å²) in [6.45, 7) is 0. The minimum atomic E-state index is 0.615. The van der Waals surface area contributed by atoms with Gasteiger partial charge < -0.3 is 13.7 Å². The van der Waals surface area contributed by atoms with Crippen LogP contribution in [0.2, 0.25) is 0 Å². The molecule has 2 aromatic heterocycles. The molecule has 2 heterocycles. The Morgan fingerprint density at radius 1 is 0.429 bits per heavy atom. The number of oxazole rings is 1. The number of hydrogen-bond acceptors (Lipinski definition) is 4. The lowest BCUT2D eigenvalue weighted by Crippen LogP contribution is -2.10. The standard InChI is InChI=1S/C45H28N2O2/c1-4-12-29(13-5-1)31-20-23-35-38(26-31)43-32(21-25-39-44(43)49-45(46-39)30-14-6-2-7-15-30)27-40(35)47(33-16-8-3-9-17-33)34-22-24-37-36-18-10-11-19-41(36)48-42(37)28-34/h1-28H. The molecule has 0 fully saturated rings. The van der Waals surface area contributed by atoms with E-state index in [1.165, 1.54) is 0 Å². The average molecular weight is 629 g/mol. The summed E-state index contributed by atoms with van der Waals surface area (Å²) in [5.74, 6) is 0.615. The molecule has 0 aliphatic heterocycles. The Balaban J connectivity index is 1.27. The number of furan rings is 1. The normalized spacial score (nSPS) is 11.7. The van der Waals surface area contributed by atoms with Gasteiger partial charge in [0.2, 0.25) is 5.89 Å². The topological polar surface area (TPSA) is 42.4 Å². The van der Waals surface area contributed by atoms with Gasteiger partial charge in [0.05, 0.1) is 5.69 Å². The second-order valence-corrected chi connectivity index (χ2v) is 12.4. The summed E-state index contributed by atoms with van der Waals surface area (Å²) in [7, 11) is 0. The van der Waals surface area contributed by atoms with E-state index < -0.39 is 0 Å². The molecule has 0 spiro atoms. The van der Waals surface area contributed by atoms with E-state index in [1.54, 1.807) is 0 Å². The first-order valence-electron chi connectivity index (χ1n) is 16.5. The summed E-state index contributed by atoms with van der Waals surface area (Å²) < 4.78 is 13.0. The van der Waals surface area contributed by atoms with E-state index in [2.05, 4.69) is 132 Å². The van der Waals surface area contributed by atoms with Crippen molar-refractivity contribution in [3.8, 4) is 22.6 Å². The van der Waals surface area contributed by atoms with Crippen LogP contribution in [0.5, 0.6) is 0 Å². The van der Waals surface area contributed by atoms with Gasteiger partial charge in [0, 0.05) is 44.5 Å². The zero-order valence-electron chi connectivity index (χ0n) is 26.4.